The Kier molecular flexibility index (Phi) is 4.33. The molecule has 0 aliphatic carbocycles. The zero-order valence-electron chi connectivity index (χ0n) is 15.5. The van der Waals surface area contributed by atoms with Crippen molar-refractivity contribution in [2.24, 2.45) is 0 Å². The smallest absolute Gasteiger partial charge is 0.415 e. The molecule has 1 saturated heterocycles. The van der Waals surface area contributed by atoms with E-state index in [4.69, 9.17) is 9.15 Å². The fourth-order valence-corrected chi connectivity index (χ4v) is 3.48. The molecule has 1 fully saturated rings. The molecule has 1 aromatic heterocycles. The standard InChI is InChI=1S/C24H17N2O3/c27-24-26(21(16-28-24)18-11-5-2-6-12-18)20(17-9-3-1-4-10-17)15-23-25-19-13-7-8-14-22(19)29-23/h1-14,21H,16H2/t21-/m0/s1. The summed E-state index contributed by atoms with van der Waals surface area (Å²) in [5, 5.41) is 0. The maximum Gasteiger partial charge on any atom is 0.415 e. The van der Waals surface area contributed by atoms with Gasteiger partial charge in [0.15, 0.2) is 5.58 Å². The van der Waals surface area contributed by atoms with Crippen LogP contribution in [-0.2, 0) is 4.74 Å². The van der Waals surface area contributed by atoms with Gasteiger partial charge in [-0.1, -0.05) is 72.8 Å². The van der Waals surface area contributed by atoms with E-state index in [1.807, 2.05) is 84.9 Å². The van der Waals surface area contributed by atoms with Crippen LogP contribution in [0.1, 0.15) is 23.1 Å². The van der Waals surface area contributed by atoms with Crippen LogP contribution >= 0.6 is 0 Å². The number of rotatable bonds is 4. The molecular weight excluding hydrogens is 364 g/mol. The van der Waals surface area contributed by atoms with E-state index in [1.165, 1.54) is 0 Å². The summed E-state index contributed by atoms with van der Waals surface area (Å²) in [6, 6.07) is 26.7. The third kappa shape index (κ3) is 3.27. The maximum absolute atomic E-state index is 12.7. The molecule has 2 heterocycles. The summed E-state index contributed by atoms with van der Waals surface area (Å²) in [6.07, 6.45) is 2.81. The number of aromatic nitrogens is 1. The van der Waals surface area contributed by atoms with Gasteiger partial charge in [0.05, 0.1) is 17.8 Å². The quantitative estimate of drug-likeness (QED) is 0.487. The lowest BCUT2D eigenvalue weighted by atomic mass is 10.0. The topological polar surface area (TPSA) is 55.6 Å². The first-order chi connectivity index (χ1) is 14.3. The van der Waals surface area contributed by atoms with Crippen molar-refractivity contribution in [2.75, 3.05) is 6.61 Å². The molecule has 0 bridgehead atoms. The largest absolute Gasteiger partial charge is 0.447 e. The zero-order valence-corrected chi connectivity index (χ0v) is 15.5. The molecule has 0 N–H and O–H groups in total. The van der Waals surface area contributed by atoms with E-state index in [0.717, 1.165) is 16.6 Å². The average Bonchev–Trinajstić information content (AvgIpc) is 3.36. The highest BCUT2D eigenvalue weighted by atomic mass is 16.6. The van der Waals surface area contributed by atoms with Crippen molar-refractivity contribution < 1.29 is 13.9 Å². The number of ether oxygens (including phenoxy) is 1. The van der Waals surface area contributed by atoms with Crippen molar-refractivity contribution in [1.82, 2.24) is 9.88 Å². The van der Waals surface area contributed by atoms with Crippen molar-refractivity contribution in [3.8, 4) is 0 Å². The summed E-state index contributed by atoms with van der Waals surface area (Å²) in [5.41, 5.74) is 3.80. The van der Waals surface area contributed by atoms with Gasteiger partial charge in [-0.05, 0) is 23.3 Å². The third-order valence-electron chi connectivity index (χ3n) is 4.86. The summed E-state index contributed by atoms with van der Waals surface area (Å²) < 4.78 is 11.2. The highest BCUT2D eigenvalue weighted by Gasteiger charge is 2.37. The number of benzene rings is 3. The molecule has 3 aromatic carbocycles. The second-order valence-electron chi connectivity index (χ2n) is 6.70. The molecule has 5 rings (SSSR count). The normalized spacial score (nSPS) is 17.0. The van der Waals surface area contributed by atoms with Gasteiger partial charge in [0.1, 0.15) is 12.1 Å². The van der Waals surface area contributed by atoms with E-state index in [-0.39, 0.29) is 12.6 Å². The number of cyclic esters (lactones) is 1. The van der Waals surface area contributed by atoms with Gasteiger partial charge < -0.3 is 9.15 Å². The van der Waals surface area contributed by atoms with Gasteiger partial charge in [-0.25, -0.2) is 9.78 Å². The molecule has 5 heteroatoms. The summed E-state index contributed by atoms with van der Waals surface area (Å²) in [5.74, 6) is 0.316. The Morgan fingerprint density at radius 1 is 0.931 bits per heavy atom. The molecule has 1 aliphatic rings. The van der Waals surface area contributed by atoms with Crippen LogP contribution in [0.4, 0.5) is 4.79 Å². The Morgan fingerprint density at radius 3 is 2.38 bits per heavy atom. The van der Waals surface area contributed by atoms with Crippen molar-refractivity contribution in [2.45, 2.75) is 6.04 Å². The van der Waals surface area contributed by atoms with Gasteiger partial charge in [0, 0.05) is 0 Å². The number of amides is 1. The molecule has 29 heavy (non-hydrogen) atoms. The predicted octanol–water partition coefficient (Wildman–Crippen LogP) is 5.21. The lowest BCUT2D eigenvalue weighted by Crippen LogP contribution is -2.26. The van der Waals surface area contributed by atoms with Crippen molar-refractivity contribution in [1.29, 1.82) is 0 Å². The first-order valence-corrected chi connectivity index (χ1v) is 9.35. The number of carbonyl (C=O) groups is 1. The van der Waals surface area contributed by atoms with Crippen LogP contribution in [0.15, 0.2) is 89.3 Å². The van der Waals surface area contributed by atoms with Gasteiger partial charge in [0.2, 0.25) is 5.89 Å². The molecule has 1 radical (unpaired) electrons. The maximum atomic E-state index is 12.7. The molecular formula is C24H17N2O3. The van der Waals surface area contributed by atoms with E-state index >= 15 is 0 Å². The molecule has 0 unspecified atom stereocenters. The fraction of sp³-hybridized carbons (Fsp3) is 0.0833. The Labute approximate surface area is 167 Å². The van der Waals surface area contributed by atoms with Crippen molar-refractivity contribution in [3.63, 3.8) is 0 Å². The number of fused-ring (bicyclic) bond motifs is 1. The van der Waals surface area contributed by atoms with E-state index in [2.05, 4.69) is 11.1 Å². The first-order valence-electron chi connectivity index (χ1n) is 9.35. The molecule has 0 spiro atoms. The van der Waals surface area contributed by atoms with Gasteiger partial charge in [-0.15, -0.1) is 0 Å². The molecule has 5 nitrogen and oxygen atoms in total. The lowest BCUT2D eigenvalue weighted by molar-refractivity contribution is 0.167. The number of nitrogens with zero attached hydrogens (tertiary/aromatic N) is 2. The van der Waals surface area contributed by atoms with Gasteiger partial charge >= 0.3 is 6.09 Å². The number of hydrogen-bond donors (Lipinski definition) is 0. The summed E-state index contributed by atoms with van der Waals surface area (Å²) in [7, 11) is 0. The van der Waals surface area contributed by atoms with E-state index < -0.39 is 6.09 Å². The molecule has 1 aliphatic heterocycles. The minimum Gasteiger partial charge on any atom is -0.447 e. The van der Waals surface area contributed by atoms with Crippen LogP contribution in [0.5, 0.6) is 0 Å². The van der Waals surface area contributed by atoms with Gasteiger partial charge in [0.25, 0.3) is 0 Å². The predicted molar refractivity (Wildman–Crippen MR) is 109 cm³/mol. The van der Waals surface area contributed by atoms with Crippen LogP contribution in [0, 0.1) is 6.08 Å². The second-order valence-corrected chi connectivity index (χ2v) is 6.70. The van der Waals surface area contributed by atoms with Gasteiger partial charge in [-0.3, -0.25) is 4.90 Å². The van der Waals surface area contributed by atoms with Crippen LogP contribution in [0.25, 0.3) is 16.8 Å². The minimum atomic E-state index is -0.415. The lowest BCUT2D eigenvalue weighted by Gasteiger charge is -2.24. The Morgan fingerprint density at radius 2 is 1.62 bits per heavy atom. The molecule has 4 aromatic rings. The Hall–Kier alpha value is -3.86. The number of hydrogen-bond acceptors (Lipinski definition) is 4. The Balaban J connectivity index is 1.64. The highest BCUT2D eigenvalue weighted by molar-refractivity contribution is 5.84. The first kappa shape index (κ1) is 17.3. The van der Waals surface area contributed by atoms with E-state index in [0.29, 0.717) is 17.2 Å². The monoisotopic (exact) mass is 381 g/mol. The van der Waals surface area contributed by atoms with E-state index in [1.54, 1.807) is 4.90 Å². The SMILES string of the molecule is O=C1OC[C@@H](c2ccccc2)N1C(=[C]c1nc2ccccc2o1)c1ccccc1. The van der Waals surface area contributed by atoms with Gasteiger partial charge in [-0.2, -0.15) is 0 Å². The van der Waals surface area contributed by atoms with Crippen LogP contribution in [0.2, 0.25) is 0 Å². The molecule has 1 amide bonds. The summed E-state index contributed by atoms with van der Waals surface area (Å²) >= 11 is 0. The van der Waals surface area contributed by atoms with Crippen molar-refractivity contribution in [3.05, 3.63) is 108 Å². The zero-order chi connectivity index (χ0) is 19.6. The van der Waals surface area contributed by atoms with E-state index in [9.17, 15) is 4.79 Å². The molecule has 0 saturated carbocycles. The average molecular weight is 381 g/mol. The van der Waals surface area contributed by atoms with Crippen LogP contribution < -0.4 is 0 Å². The van der Waals surface area contributed by atoms with Crippen molar-refractivity contribution >= 4 is 22.9 Å². The number of oxazole rings is 1. The summed E-state index contributed by atoms with van der Waals surface area (Å²) in [6.45, 7) is 0.272. The minimum absolute atomic E-state index is 0.254. The Bertz CT molecular complexity index is 1150. The second kappa shape index (κ2) is 7.28. The summed E-state index contributed by atoms with van der Waals surface area (Å²) in [4.78, 5) is 18.8. The highest BCUT2D eigenvalue weighted by Crippen LogP contribution is 2.35. The number of para-hydroxylation sites is 2. The third-order valence-corrected chi connectivity index (χ3v) is 4.86. The fourth-order valence-electron chi connectivity index (χ4n) is 3.48. The number of carbonyl (C=O) groups excluding carboxylic acids is 1. The van der Waals surface area contributed by atoms with Crippen LogP contribution in [-0.4, -0.2) is 22.6 Å². The van der Waals surface area contributed by atoms with Crippen LogP contribution in [0.3, 0.4) is 0 Å². The molecule has 1 atom stereocenters. The molecule has 141 valence electrons.